The van der Waals surface area contributed by atoms with Crippen molar-refractivity contribution in [2.24, 2.45) is 10.1 Å². The maximum atomic E-state index is 15.0. The molecule has 3 aromatic carbocycles. The Balaban J connectivity index is 1.86. The molecule has 1 atom stereocenters. The molecule has 38 heavy (non-hydrogen) atoms. The molecule has 1 saturated heterocycles. The van der Waals surface area contributed by atoms with Crippen molar-refractivity contribution >= 4 is 21.5 Å². The molecule has 0 saturated carbocycles. The Morgan fingerprint density at radius 2 is 1.66 bits per heavy atom. The van der Waals surface area contributed by atoms with Gasteiger partial charge in [0, 0.05) is 26.2 Å². The van der Waals surface area contributed by atoms with Crippen molar-refractivity contribution in [1.82, 2.24) is 9.80 Å². The maximum absolute atomic E-state index is 15.0. The Morgan fingerprint density at radius 3 is 2.26 bits per heavy atom. The van der Waals surface area contributed by atoms with E-state index in [4.69, 9.17) is 5.14 Å². The van der Waals surface area contributed by atoms with E-state index in [0.717, 1.165) is 34.7 Å². The van der Waals surface area contributed by atoms with Crippen LogP contribution in [-0.2, 0) is 16.6 Å². The van der Waals surface area contributed by atoms with E-state index in [-0.39, 0.29) is 25.3 Å². The quantitative estimate of drug-likeness (QED) is 0.282. The van der Waals surface area contributed by atoms with Crippen molar-refractivity contribution in [2.45, 2.75) is 30.6 Å². The molecule has 4 rings (SSSR count). The number of aliphatic imine (C=N–C) groups is 1. The van der Waals surface area contributed by atoms with Crippen molar-refractivity contribution in [3.63, 3.8) is 0 Å². The van der Waals surface area contributed by atoms with E-state index in [1.54, 1.807) is 42.2 Å². The van der Waals surface area contributed by atoms with Crippen LogP contribution in [-0.4, -0.2) is 55.9 Å². The summed E-state index contributed by atoms with van der Waals surface area (Å²) in [6.07, 6.45) is -4.80. The fourth-order valence-corrected chi connectivity index (χ4v) is 5.06. The van der Waals surface area contributed by atoms with Gasteiger partial charge in [-0.05, 0) is 42.3 Å². The van der Waals surface area contributed by atoms with E-state index in [0.29, 0.717) is 5.56 Å². The molecule has 1 fully saturated rings. The molecule has 0 aromatic heterocycles. The van der Waals surface area contributed by atoms with Gasteiger partial charge >= 0.3 is 6.18 Å². The van der Waals surface area contributed by atoms with Gasteiger partial charge in [-0.3, -0.25) is 4.90 Å². The van der Waals surface area contributed by atoms with Crippen LogP contribution in [0.5, 0.6) is 0 Å². The number of alkyl halides is 3. The van der Waals surface area contributed by atoms with Gasteiger partial charge in [0.25, 0.3) is 0 Å². The van der Waals surface area contributed by atoms with Gasteiger partial charge in [0.1, 0.15) is 28.4 Å². The van der Waals surface area contributed by atoms with E-state index >= 15 is 0 Å². The van der Waals surface area contributed by atoms with Crippen LogP contribution in [0.3, 0.4) is 0 Å². The number of nitrogens with zero attached hydrogens (tertiary/aromatic N) is 3. The van der Waals surface area contributed by atoms with Gasteiger partial charge in [0.15, 0.2) is 0 Å². The largest absolute Gasteiger partial charge is 0.410 e. The highest BCUT2D eigenvalue weighted by molar-refractivity contribution is 7.89. The van der Waals surface area contributed by atoms with Crippen LogP contribution < -0.4 is 5.14 Å². The average Bonchev–Trinajstić information content (AvgIpc) is 2.83. The molecule has 0 amide bonds. The summed E-state index contributed by atoms with van der Waals surface area (Å²) in [6, 6.07) is 13.5. The summed E-state index contributed by atoms with van der Waals surface area (Å²) in [6.45, 7) is 1.21. The Morgan fingerprint density at radius 1 is 1.00 bits per heavy atom. The Hall–Kier alpha value is -3.35. The molecule has 1 aliphatic heterocycles. The highest BCUT2D eigenvalue weighted by atomic mass is 32.2. The van der Waals surface area contributed by atoms with E-state index in [9.17, 15) is 30.4 Å². The summed E-state index contributed by atoms with van der Waals surface area (Å²) in [4.78, 5) is 6.07. The minimum Gasteiger partial charge on any atom is -0.342 e. The number of rotatable bonds is 5. The standard InChI is InChI=1S/C26H25F5N4O2S/c1-17-10-11-22(38(32,36)37)21(14-17)33-25(24-19(27)8-5-9-20(24)28)35-13-12-34(16-23(35)26(29,30)31)15-18-6-3-2-4-7-18/h2-11,14,23H,12-13,15-16H2,1H3,(H2,32,36,37). The van der Waals surface area contributed by atoms with Crippen LogP contribution in [0.1, 0.15) is 16.7 Å². The minimum absolute atomic E-state index is 0.131. The Bertz CT molecular complexity index is 1430. The van der Waals surface area contributed by atoms with Crippen LogP contribution in [0.4, 0.5) is 27.6 Å². The smallest absolute Gasteiger partial charge is 0.342 e. The molecule has 1 unspecified atom stereocenters. The summed E-state index contributed by atoms with van der Waals surface area (Å²) >= 11 is 0. The molecule has 3 aromatic rings. The molecule has 12 heteroatoms. The fourth-order valence-electron chi connectivity index (χ4n) is 4.40. The third kappa shape index (κ3) is 6.20. The number of benzene rings is 3. The predicted octanol–water partition coefficient (Wildman–Crippen LogP) is 4.75. The summed E-state index contributed by atoms with van der Waals surface area (Å²) in [5, 5.41) is 5.30. The van der Waals surface area contributed by atoms with E-state index in [2.05, 4.69) is 4.99 Å². The lowest BCUT2D eigenvalue weighted by Gasteiger charge is -2.43. The minimum atomic E-state index is -4.80. The number of primary sulfonamides is 1. The first kappa shape index (κ1) is 27.7. The zero-order valence-electron chi connectivity index (χ0n) is 20.3. The van der Waals surface area contributed by atoms with Crippen molar-refractivity contribution in [3.05, 3.63) is 95.1 Å². The molecule has 1 heterocycles. The predicted molar refractivity (Wildman–Crippen MR) is 133 cm³/mol. The Labute approximate surface area is 217 Å². The van der Waals surface area contributed by atoms with Crippen LogP contribution in [0, 0.1) is 18.6 Å². The van der Waals surface area contributed by atoms with E-state index in [1.807, 2.05) is 0 Å². The van der Waals surface area contributed by atoms with E-state index < -0.39 is 56.7 Å². The first-order chi connectivity index (χ1) is 17.8. The first-order valence-electron chi connectivity index (χ1n) is 11.6. The second-order valence-corrected chi connectivity index (χ2v) is 10.5. The molecule has 0 aliphatic carbocycles. The van der Waals surface area contributed by atoms with Crippen LogP contribution in [0.15, 0.2) is 76.6 Å². The van der Waals surface area contributed by atoms with Gasteiger partial charge in [-0.25, -0.2) is 27.3 Å². The molecule has 0 bridgehead atoms. The number of halogens is 5. The van der Waals surface area contributed by atoms with Crippen molar-refractivity contribution in [3.8, 4) is 0 Å². The highest BCUT2D eigenvalue weighted by Crippen LogP contribution is 2.33. The number of piperazine rings is 1. The lowest BCUT2D eigenvalue weighted by molar-refractivity contribution is -0.185. The van der Waals surface area contributed by atoms with Crippen LogP contribution in [0.2, 0.25) is 0 Å². The average molecular weight is 553 g/mol. The number of sulfonamides is 1. The van der Waals surface area contributed by atoms with E-state index in [1.165, 1.54) is 12.1 Å². The van der Waals surface area contributed by atoms with Crippen LogP contribution in [0.25, 0.3) is 0 Å². The third-order valence-electron chi connectivity index (χ3n) is 6.20. The summed E-state index contributed by atoms with van der Waals surface area (Å²) < 4.78 is 97.6. The second-order valence-electron chi connectivity index (χ2n) is 9.02. The van der Waals surface area contributed by atoms with Crippen molar-refractivity contribution < 1.29 is 30.4 Å². The van der Waals surface area contributed by atoms with Gasteiger partial charge in [-0.2, -0.15) is 13.2 Å². The highest BCUT2D eigenvalue weighted by Gasteiger charge is 2.48. The fraction of sp³-hybridized carbons (Fsp3) is 0.269. The SMILES string of the molecule is Cc1ccc(S(N)(=O)=O)c(N=C(c2c(F)cccc2F)N2CCN(Cc3ccccc3)CC2C(F)(F)F)c1. The van der Waals surface area contributed by atoms with Gasteiger partial charge in [-0.1, -0.05) is 42.5 Å². The molecule has 2 N–H and O–H groups in total. The molecule has 202 valence electrons. The molecule has 1 aliphatic rings. The Kier molecular flexibility index (Phi) is 7.86. The molecular weight excluding hydrogens is 527 g/mol. The third-order valence-corrected chi connectivity index (χ3v) is 7.16. The van der Waals surface area contributed by atoms with Gasteiger partial charge in [0.2, 0.25) is 10.0 Å². The normalized spacial score (nSPS) is 17.6. The number of nitrogens with two attached hydrogens (primary N) is 1. The number of hydrogen-bond donors (Lipinski definition) is 1. The lowest BCUT2D eigenvalue weighted by atomic mass is 10.1. The van der Waals surface area contributed by atoms with Crippen molar-refractivity contribution in [2.75, 3.05) is 19.6 Å². The summed E-state index contributed by atoms with van der Waals surface area (Å²) in [7, 11) is -4.36. The number of amidine groups is 1. The first-order valence-corrected chi connectivity index (χ1v) is 13.2. The topological polar surface area (TPSA) is 79.0 Å². The molecule has 0 spiro atoms. The zero-order valence-corrected chi connectivity index (χ0v) is 21.1. The lowest BCUT2D eigenvalue weighted by Crippen LogP contribution is -2.60. The van der Waals surface area contributed by atoms with Gasteiger partial charge in [0.05, 0.1) is 11.3 Å². The van der Waals surface area contributed by atoms with Gasteiger partial charge < -0.3 is 4.90 Å². The molecular formula is C26H25F5N4O2S. The second kappa shape index (κ2) is 10.8. The number of hydrogen-bond acceptors (Lipinski definition) is 4. The van der Waals surface area contributed by atoms with Crippen molar-refractivity contribution in [1.29, 1.82) is 0 Å². The maximum Gasteiger partial charge on any atom is 0.410 e. The number of aryl methyl sites for hydroxylation is 1. The summed E-state index contributed by atoms with van der Waals surface area (Å²) in [5.74, 6) is -2.94. The monoisotopic (exact) mass is 552 g/mol. The zero-order chi connectivity index (χ0) is 27.7. The van der Waals surface area contributed by atoms with Gasteiger partial charge in [-0.15, -0.1) is 0 Å². The van der Waals surface area contributed by atoms with Crippen LogP contribution >= 0.6 is 0 Å². The molecule has 0 radical (unpaired) electrons. The summed E-state index contributed by atoms with van der Waals surface area (Å²) in [5.41, 5.74) is 0.218. The molecule has 6 nitrogen and oxygen atoms in total.